The number of rotatable bonds is 2. The molecule has 3 N–H and O–H groups in total. The van der Waals surface area contributed by atoms with Gasteiger partial charge in [0.05, 0.1) is 0 Å². The zero-order chi connectivity index (χ0) is 13.3. The summed E-state index contributed by atoms with van der Waals surface area (Å²) < 4.78 is 1.83. The maximum Gasteiger partial charge on any atom is 0.339 e. The van der Waals surface area contributed by atoms with Crippen molar-refractivity contribution in [2.75, 3.05) is 5.73 Å². The average molecular weight is 331 g/mol. The Labute approximate surface area is 113 Å². The first-order chi connectivity index (χ1) is 8.45. The van der Waals surface area contributed by atoms with Crippen LogP contribution in [-0.2, 0) is 7.05 Å². The van der Waals surface area contributed by atoms with Crippen LogP contribution >= 0.6 is 27.7 Å². The second kappa shape index (κ2) is 4.90. The number of nitrogens with zero attached hydrogens (tertiary/aromatic N) is 4. The number of aromatic amines is 1. The van der Waals surface area contributed by atoms with Crippen LogP contribution in [0.15, 0.2) is 30.6 Å². The van der Waals surface area contributed by atoms with E-state index in [-0.39, 0.29) is 11.0 Å². The molecule has 0 amide bonds. The largest absolute Gasteiger partial charge is 0.384 e. The number of nitrogens with two attached hydrogens (primary N) is 1. The van der Waals surface area contributed by atoms with Crippen LogP contribution in [0, 0.1) is 0 Å². The maximum absolute atomic E-state index is 11.2. The van der Waals surface area contributed by atoms with Gasteiger partial charge in [-0.3, -0.25) is 19.4 Å². The van der Waals surface area contributed by atoms with Gasteiger partial charge >= 0.3 is 11.1 Å². The van der Waals surface area contributed by atoms with Crippen LogP contribution in [-0.4, -0.2) is 24.7 Å². The van der Waals surface area contributed by atoms with Gasteiger partial charge in [-0.15, -0.1) is 0 Å². The van der Waals surface area contributed by atoms with Crippen molar-refractivity contribution in [2.24, 2.45) is 7.05 Å². The number of anilines is 1. The zero-order valence-electron chi connectivity index (χ0n) is 9.05. The predicted octanol–water partition coefficient (Wildman–Crippen LogP) is -0.246. The van der Waals surface area contributed by atoms with Crippen molar-refractivity contribution in [1.82, 2.24) is 24.7 Å². The quantitative estimate of drug-likeness (QED) is 0.442. The van der Waals surface area contributed by atoms with Gasteiger partial charge in [-0.2, -0.15) is 4.98 Å². The molecule has 2 rings (SSSR count). The number of H-pyrrole nitrogens is 1. The fourth-order valence-corrected chi connectivity index (χ4v) is 2.38. The molecule has 0 saturated heterocycles. The zero-order valence-corrected chi connectivity index (χ0v) is 11.4. The van der Waals surface area contributed by atoms with Crippen LogP contribution in [0.5, 0.6) is 0 Å². The van der Waals surface area contributed by atoms with Crippen LogP contribution in [0.3, 0.4) is 0 Å². The third-order valence-electron chi connectivity index (χ3n) is 1.82. The van der Waals surface area contributed by atoms with Gasteiger partial charge in [0.1, 0.15) is 10.4 Å². The standard InChI is InChI=1S/C8H7BrN6O2S/c1-15-8(13-5(16)6(17)14-15)18-7-11-3(9)2-4(10)12-7/h2H,1H3,(H,14,17)(H2,10,11,12). The fourth-order valence-electron chi connectivity index (χ4n) is 1.09. The van der Waals surface area contributed by atoms with E-state index >= 15 is 0 Å². The number of halogens is 1. The molecule has 2 aromatic rings. The lowest BCUT2D eigenvalue weighted by atomic mass is 10.6. The van der Waals surface area contributed by atoms with E-state index in [2.05, 4.69) is 36.0 Å². The lowest BCUT2D eigenvalue weighted by Gasteiger charge is -2.05. The van der Waals surface area contributed by atoms with Crippen molar-refractivity contribution < 1.29 is 0 Å². The molecule has 0 unspecified atom stereocenters. The van der Waals surface area contributed by atoms with Crippen molar-refractivity contribution in [3.63, 3.8) is 0 Å². The highest BCUT2D eigenvalue weighted by Crippen LogP contribution is 2.23. The number of nitrogen functional groups attached to an aromatic ring is 1. The Hall–Kier alpha value is -1.68. The lowest BCUT2D eigenvalue weighted by molar-refractivity contribution is 0.595. The maximum atomic E-state index is 11.2. The van der Waals surface area contributed by atoms with Gasteiger partial charge in [0.2, 0.25) is 0 Å². The van der Waals surface area contributed by atoms with Crippen LogP contribution in [0.25, 0.3) is 0 Å². The highest BCUT2D eigenvalue weighted by molar-refractivity contribution is 9.10. The monoisotopic (exact) mass is 330 g/mol. The molecule has 0 aliphatic carbocycles. The van der Waals surface area contributed by atoms with Crippen molar-refractivity contribution in [3.8, 4) is 0 Å². The van der Waals surface area contributed by atoms with Crippen molar-refractivity contribution >= 4 is 33.5 Å². The number of aryl methyl sites for hydroxylation is 1. The Bertz CT molecular complexity index is 691. The first kappa shape index (κ1) is 12.8. The molecule has 0 aliphatic rings. The summed E-state index contributed by atoms with van der Waals surface area (Å²) in [4.78, 5) is 33.8. The summed E-state index contributed by atoms with van der Waals surface area (Å²) in [6, 6.07) is 1.55. The van der Waals surface area contributed by atoms with Gasteiger partial charge in [0.15, 0.2) is 10.3 Å². The van der Waals surface area contributed by atoms with Gasteiger partial charge in [-0.1, -0.05) is 0 Å². The van der Waals surface area contributed by atoms with Crippen LogP contribution < -0.4 is 16.9 Å². The molecule has 94 valence electrons. The van der Waals surface area contributed by atoms with Crippen LogP contribution in [0.2, 0.25) is 0 Å². The Kier molecular flexibility index (Phi) is 3.48. The molecule has 2 heterocycles. The third kappa shape index (κ3) is 2.76. The lowest BCUT2D eigenvalue weighted by Crippen LogP contribution is -2.33. The molecule has 0 radical (unpaired) electrons. The van der Waals surface area contributed by atoms with Gasteiger partial charge in [-0.05, 0) is 27.7 Å². The second-order valence-electron chi connectivity index (χ2n) is 3.20. The van der Waals surface area contributed by atoms with E-state index < -0.39 is 11.1 Å². The molecule has 0 bridgehead atoms. The van der Waals surface area contributed by atoms with Gasteiger partial charge in [0.25, 0.3) is 0 Å². The normalized spacial score (nSPS) is 10.6. The third-order valence-corrected chi connectivity index (χ3v) is 3.14. The van der Waals surface area contributed by atoms with E-state index in [1.807, 2.05) is 0 Å². The second-order valence-corrected chi connectivity index (χ2v) is 4.95. The summed E-state index contributed by atoms with van der Waals surface area (Å²) in [5, 5.41) is 2.90. The minimum absolute atomic E-state index is 0.261. The van der Waals surface area contributed by atoms with E-state index in [9.17, 15) is 9.59 Å². The molecule has 8 nitrogen and oxygen atoms in total. The Morgan fingerprint density at radius 3 is 2.78 bits per heavy atom. The van der Waals surface area contributed by atoms with Gasteiger partial charge < -0.3 is 5.73 Å². The molecule has 0 atom stereocenters. The van der Waals surface area contributed by atoms with Crippen molar-refractivity contribution in [1.29, 1.82) is 0 Å². The molecule has 0 spiro atoms. The molecular formula is C8H7BrN6O2S. The highest BCUT2D eigenvalue weighted by atomic mass is 79.9. The topological polar surface area (TPSA) is 120 Å². The first-order valence-corrected chi connectivity index (χ1v) is 6.22. The van der Waals surface area contributed by atoms with Gasteiger partial charge in [-0.25, -0.2) is 9.97 Å². The summed E-state index contributed by atoms with van der Waals surface area (Å²) in [6.07, 6.45) is 0. The summed E-state index contributed by atoms with van der Waals surface area (Å²) in [5.74, 6) is 0.286. The summed E-state index contributed by atoms with van der Waals surface area (Å²) in [7, 11) is 1.55. The van der Waals surface area contributed by atoms with Crippen molar-refractivity contribution in [3.05, 3.63) is 31.4 Å². The van der Waals surface area contributed by atoms with Crippen molar-refractivity contribution in [2.45, 2.75) is 10.3 Å². The van der Waals surface area contributed by atoms with Crippen LogP contribution in [0.4, 0.5) is 5.82 Å². The highest BCUT2D eigenvalue weighted by Gasteiger charge is 2.09. The number of aromatic nitrogens is 5. The molecule has 0 aromatic carbocycles. The predicted molar refractivity (Wildman–Crippen MR) is 68.4 cm³/mol. The van der Waals surface area contributed by atoms with E-state index in [1.165, 1.54) is 4.68 Å². The minimum atomic E-state index is -0.862. The Morgan fingerprint density at radius 2 is 2.11 bits per heavy atom. The molecule has 0 aliphatic heterocycles. The van der Waals surface area contributed by atoms with E-state index in [1.54, 1.807) is 13.1 Å². The molecule has 18 heavy (non-hydrogen) atoms. The SMILES string of the molecule is Cn1[nH]c(=O)c(=O)nc1Sc1nc(N)cc(Br)n1. The Balaban J connectivity index is 2.43. The summed E-state index contributed by atoms with van der Waals surface area (Å²) in [5.41, 5.74) is 3.92. The van der Waals surface area contributed by atoms with Gasteiger partial charge in [0, 0.05) is 13.1 Å². The number of nitrogens with one attached hydrogen (secondary N) is 1. The Morgan fingerprint density at radius 1 is 1.39 bits per heavy atom. The number of hydrogen-bond acceptors (Lipinski definition) is 7. The van der Waals surface area contributed by atoms with E-state index in [0.717, 1.165) is 11.8 Å². The van der Waals surface area contributed by atoms with E-state index in [0.29, 0.717) is 9.76 Å². The smallest absolute Gasteiger partial charge is 0.339 e. The number of hydrogen-bond donors (Lipinski definition) is 2. The molecule has 2 aromatic heterocycles. The average Bonchev–Trinajstić information content (AvgIpc) is 2.24. The van der Waals surface area contributed by atoms with E-state index in [4.69, 9.17) is 5.73 Å². The van der Waals surface area contributed by atoms with Crippen LogP contribution in [0.1, 0.15) is 0 Å². The molecule has 0 fully saturated rings. The molecular weight excluding hydrogens is 324 g/mol. The first-order valence-electron chi connectivity index (χ1n) is 4.61. The minimum Gasteiger partial charge on any atom is -0.384 e. The molecule has 10 heteroatoms. The summed E-state index contributed by atoms with van der Waals surface area (Å²) in [6.45, 7) is 0. The summed E-state index contributed by atoms with van der Waals surface area (Å²) >= 11 is 4.19. The molecule has 0 saturated carbocycles. The fraction of sp³-hybridized carbons (Fsp3) is 0.125.